The Morgan fingerprint density at radius 2 is 1.38 bits per heavy atom. The van der Waals surface area contributed by atoms with Gasteiger partial charge in [0.15, 0.2) is 0 Å². The molecule has 0 spiro atoms. The maximum absolute atomic E-state index is 14.5. The summed E-state index contributed by atoms with van der Waals surface area (Å²) in [5.41, 5.74) is 8.71. The van der Waals surface area contributed by atoms with E-state index in [1.165, 1.54) is 7.11 Å². The van der Waals surface area contributed by atoms with E-state index < -0.39 is 18.4 Å². The molecule has 2 saturated heterocycles. The topological polar surface area (TPSA) is 154 Å². The van der Waals surface area contributed by atoms with Crippen LogP contribution in [-0.4, -0.2) is 96.4 Å². The van der Waals surface area contributed by atoms with E-state index in [2.05, 4.69) is 105 Å². The zero-order valence-electron chi connectivity index (χ0n) is 39.3. The van der Waals surface area contributed by atoms with Crippen molar-refractivity contribution in [2.45, 2.75) is 83.8 Å². The molecule has 5 atom stereocenters. The number of alkyl carbamates (subject to hydrolysis) is 1. The van der Waals surface area contributed by atoms with Crippen molar-refractivity contribution in [3.63, 3.8) is 0 Å². The molecule has 0 aliphatic carbocycles. The van der Waals surface area contributed by atoms with Crippen LogP contribution in [0.4, 0.5) is 4.79 Å². The van der Waals surface area contributed by atoms with E-state index in [1.54, 1.807) is 0 Å². The highest BCUT2D eigenvalue weighted by molar-refractivity contribution is 5.93. The lowest BCUT2D eigenvalue weighted by molar-refractivity contribution is -0.138. The van der Waals surface area contributed by atoms with E-state index in [9.17, 15) is 14.4 Å². The van der Waals surface area contributed by atoms with Crippen LogP contribution in [0.3, 0.4) is 0 Å². The second-order valence-electron chi connectivity index (χ2n) is 18.4. The van der Waals surface area contributed by atoms with Crippen LogP contribution in [0.15, 0.2) is 116 Å². The van der Waals surface area contributed by atoms with E-state index in [0.29, 0.717) is 13.1 Å². The first kappa shape index (κ1) is 44.6. The Kier molecular flexibility index (Phi) is 12.4. The van der Waals surface area contributed by atoms with Gasteiger partial charge in [-0.3, -0.25) is 14.5 Å². The van der Waals surface area contributed by atoms with Gasteiger partial charge in [-0.2, -0.15) is 0 Å². The number of ether oxygens (including phenoxy) is 2. The van der Waals surface area contributed by atoms with Gasteiger partial charge < -0.3 is 39.1 Å². The predicted molar refractivity (Wildman–Crippen MR) is 261 cm³/mol. The fourth-order valence-corrected chi connectivity index (χ4v) is 10.6. The van der Waals surface area contributed by atoms with Crippen LogP contribution in [0.1, 0.15) is 101 Å². The summed E-state index contributed by atoms with van der Waals surface area (Å²) in [6.07, 6.45) is 6.02. The summed E-state index contributed by atoms with van der Waals surface area (Å²) in [4.78, 5) is 63.4. The highest BCUT2D eigenvalue weighted by Gasteiger charge is 2.40. The second-order valence-corrected chi connectivity index (χ2v) is 18.4. The highest BCUT2D eigenvalue weighted by atomic mass is 16.5. The molecular formula is C54H59N9O5. The first-order chi connectivity index (χ1) is 33.1. The van der Waals surface area contributed by atoms with Gasteiger partial charge in [0, 0.05) is 40.7 Å². The first-order valence-electron chi connectivity index (χ1n) is 24.0. The lowest BCUT2D eigenvalue weighted by Crippen LogP contribution is -2.51. The van der Waals surface area contributed by atoms with Crippen LogP contribution < -0.4 is 10.1 Å². The molecule has 68 heavy (non-hydrogen) atoms. The number of hydrogen-bond acceptors (Lipinski definition) is 8. The molecule has 6 heterocycles. The Labute approximate surface area is 396 Å². The number of aromatic amines is 2. The fourth-order valence-electron chi connectivity index (χ4n) is 10.6. The number of likely N-dealkylation sites (N-methyl/N-ethyl adjacent to an activating group) is 1. The van der Waals surface area contributed by atoms with Crippen molar-refractivity contribution in [2.75, 3.05) is 33.3 Å². The Morgan fingerprint density at radius 3 is 2.00 bits per heavy atom. The molecule has 0 bridgehead atoms. The van der Waals surface area contributed by atoms with Crippen molar-refractivity contribution in [3.05, 3.63) is 138 Å². The molecule has 10 rings (SSSR count). The van der Waals surface area contributed by atoms with Crippen molar-refractivity contribution in [1.82, 2.24) is 44.5 Å². The van der Waals surface area contributed by atoms with Gasteiger partial charge in [0.2, 0.25) is 18.0 Å². The zero-order valence-corrected chi connectivity index (χ0v) is 39.3. The minimum Gasteiger partial charge on any atom is -0.465 e. The lowest BCUT2D eigenvalue weighted by Gasteiger charge is -2.34. The van der Waals surface area contributed by atoms with E-state index in [-0.39, 0.29) is 35.9 Å². The van der Waals surface area contributed by atoms with Crippen LogP contribution in [0.5, 0.6) is 5.75 Å². The van der Waals surface area contributed by atoms with Crippen LogP contribution in [0, 0.1) is 5.92 Å². The number of likely N-dealkylation sites (tertiary alicyclic amines) is 2. The largest absolute Gasteiger partial charge is 0.465 e. The number of rotatable bonds is 13. The molecule has 0 saturated carbocycles. The third kappa shape index (κ3) is 8.20. The zero-order chi connectivity index (χ0) is 47.1. The van der Waals surface area contributed by atoms with Gasteiger partial charge in [0.1, 0.15) is 29.5 Å². The molecule has 4 aromatic carbocycles. The molecule has 3 N–H and O–H groups in total. The van der Waals surface area contributed by atoms with E-state index in [1.807, 2.05) is 72.4 Å². The van der Waals surface area contributed by atoms with Gasteiger partial charge in [0.05, 0.1) is 54.2 Å². The third-order valence-corrected chi connectivity index (χ3v) is 14.1. The minimum atomic E-state index is -0.706. The third-order valence-electron chi connectivity index (χ3n) is 14.1. The Morgan fingerprint density at radius 1 is 0.779 bits per heavy atom. The molecule has 350 valence electrons. The van der Waals surface area contributed by atoms with E-state index in [0.717, 1.165) is 112 Å². The number of hydrogen-bond donors (Lipinski definition) is 3. The quantitative estimate of drug-likeness (QED) is 0.103. The van der Waals surface area contributed by atoms with Gasteiger partial charge in [-0.1, -0.05) is 100 Å². The number of benzene rings is 4. The number of nitrogens with one attached hydrogen (secondary N) is 3. The van der Waals surface area contributed by atoms with Crippen molar-refractivity contribution in [2.24, 2.45) is 5.92 Å². The molecule has 0 radical (unpaired) electrons. The summed E-state index contributed by atoms with van der Waals surface area (Å²) in [5, 5.41) is 3.78. The summed E-state index contributed by atoms with van der Waals surface area (Å²) in [6.45, 7) is 10.9. The second kappa shape index (κ2) is 18.8. The number of carbonyl (C=O) groups excluding carboxylic acids is 3. The number of amides is 3. The summed E-state index contributed by atoms with van der Waals surface area (Å²) in [7, 11) is 1.30. The summed E-state index contributed by atoms with van der Waals surface area (Å²) >= 11 is 0. The molecule has 14 nitrogen and oxygen atoms in total. The predicted octanol–water partition coefficient (Wildman–Crippen LogP) is 9.82. The summed E-state index contributed by atoms with van der Waals surface area (Å²) in [6, 6.07) is 33.9. The standard InChI is InChI=1S/C54H59N9O5/c1-6-60(7-2)48(34-16-10-8-11-17-34)52(65)62-27-15-21-44(62)50-56-32-41(58-50)37-22-24-39-45-29-38-28-36(23-25-42(38)63(45)53(68-46(39)30-37)35-18-12-9-13-19-35)40-31-55-49(57-40)43-20-14-26-61(43)51(64)47(33(3)4)59-54(66)67-5/h8-13,16-19,22-25,28-33,43-44,47-48,53H,6-7,14-15,20-21,26-27H2,1-5H3,(H,55,57)(H,56,58)(H,59,66)/t43-,44-,47-,48+,53?/m0/s1. The van der Waals surface area contributed by atoms with Gasteiger partial charge in [0.25, 0.3) is 0 Å². The van der Waals surface area contributed by atoms with Crippen LogP contribution in [0.2, 0.25) is 0 Å². The smallest absolute Gasteiger partial charge is 0.407 e. The molecule has 1 unspecified atom stereocenters. The number of aromatic nitrogens is 5. The number of carbonyl (C=O) groups is 3. The molecule has 3 aliphatic rings. The van der Waals surface area contributed by atoms with Crippen LogP contribution in [0.25, 0.3) is 44.7 Å². The molecule has 3 aromatic heterocycles. The van der Waals surface area contributed by atoms with Crippen LogP contribution in [-0.2, 0) is 14.3 Å². The maximum Gasteiger partial charge on any atom is 0.407 e. The van der Waals surface area contributed by atoms with Gasteiger partial charge >= 0.3 is 6.09 Å². The van der Waals surface area contributed by atoms with Crippen LogP contribution >= 0.6 is 0 Å². The van der Waals surface area contributed by atoms with Gasteiger partial charge in [-0.05, 0) is 80.6 Å². The number of methoxy groups -OCH3 is 1. The highest BCUT2D eigenvalue weighted by Crippen LogP contribution is 2.46. The molecule has 7 aromatic rings. The molecule has 2 fully saturated rings. The molecule has 3 aliphatic heterocycles. The summed E-state index contributed by atoms with van der Waals surface area (Å²) < 4.78 is 14.1. The normalized spacial score (nSPS) is 18.7. The number of fused-ring (bicyclic) bond motifs is 5. The van der Waals surface area contributed by atoms with Gasteiger partial charge in [-0.15, -0.1) is 0 Å². The van der Waals surface area contributed by atoms with Crippen molar-refractivity contribution < 1.29 is 23.9 Å². The SMILES string of the molecule is CCN(CC)[C@@H](C(=O)N1CCC[C@H]1c1ncc(-c2ccc3c(c2)OC(c2ccccc2)n2c-3cc3cc(-c4cnc([C@@H]5CCCN5C(=O)[C@@H](NC(=O)OC)C(C)C)[nH]4)ccc32)[nH]1)c1ccccc1. The number of imidazole rings is 2. The number of H-pyrrole nitrogens is 2. The van der Waals surface area contributed by atoms with E-state index in [4.69, 9.17) is 19.4 Å². The molecule has 14 heteroatoms. The van der Waals surface area contributed by atoms with E-state index >= 15 is 0 Å². The average molecular weight is 914 g/mol. The van der Waals surface area contributed by atoms with Gasteiger partial charge in [-0.25, -0.2) is 14.8 Å². The first-order valence-corrected chi connectivity index (χ1v) is 24.0. The Bertz CT molecular complexity index is 2940. The van der Waals surface area contributed by atoms with Crippen molar-refractivity contribution in [1.29, 1.82) is 0 Å². The fraction of sp³-hybridized carbons (Fsp3) is 0.352. The molecule has 3 amide bonds. The maximum atomic E-state index is 14.5. The Hall–Kier alpha value is -7.19. The Balaban J connectivity index is 0.936. The lowest BCUT2D eigenvalue weighted by atomic mass is 10.0. The monoisotopic (exact) mass is 913 g/mol. The summed E-state index contributed by atoms with van der Waals surface area (Å²) in [5.74, 6) is 2.13. The van der Waals surface area contributed by atoms with Crippen molar-refractivity contribution >= 4 is 28.8 Å². The average Bonchev–Trinajstić information content (AvgIpc) is 4.24. The number of nitrogens with zero attached hydrogens (tertiary/aromatic N) is 6. The minimum absolute atomic E-state index is 0.114. The molecular weight excluding hydrogens is 855 g/mol. The van der Waals surface area contributed by atoms with Crippen molar-refractivity contribution in [3.8, 4) is 39.5 Å².